The largest absolute Gasteiger partial charge is 0.356 e. The Hall–Kier alpha value is -1.93. The summed E-state index contributed by atoms with van der Waals surface area (Å²) in [5.41, 5.74) is 0.671. The topological polar surface area (TPSA) is 90.9 Å². The highest BCUT2D eigenvalue weighted by Crippen LogP contribution is 2.29. The number of amides is 1. The number of benzene rings is 1. The molecule has 2 saturated heterocycles. The van der Waals surface area contributed by atoms with Crippen molar-refractivity contribution >= 4 is 21.8 Å². The van der Waals surface area contributed by atoms with Crippen LogP contribution >= 0.6 is 0 Å². The minimum Gasteiger partial charge on any atom is -0.356 e. The lowest BCUT2D eigenvalue weighted by Gasteiger charge is -2.33. The molecule has 1 unspecified atom stereocenters. The fourth-order valence-corrected chi connectivity index (χ4v) is 5.39. The van der Waals surface area contributed by atoms with E-state index < -0.39 is 10.0 Å². The fraction of sp³-hybridized carbons (Fsp3) is 0.579. The molecule has 146 valence electrons. The summed E-state index contributed by atoms with van der Waals surface area (Å²) in [4.78, 5) is 14.8. The Morgan fingerprint density at radius 2 is 2.00 bits per heavy atom. The van der Waals surface area contributed by atoms with E-state index in [0.717, 1.165) is 32.5 Å². The molecule has 0 bridgehead atoms. The lowest BCUT2D eigenvalue weighted by Crippen LogP contribution is -2.45. The van der Waals surface area contributed by atoms with Crippen molar-refractivity contribution in [2.45, 2.75) is 30.6 Å². The summed E-state index contributed by atoms with van der Waals surface area (Å²) in [5.74, 6) is 1.17. The van der Waals surface area contributed by atoms with Gasteiger partial charge in [0, 0.05) is 31.1 Å². The molecule has 1 aromatic carbocycles. The van der Waals surface area contributed by atoms with Crippen molar-refractivity contribution in [1.29, 1.82) is 0 Å². The quantitative estimate of drug-likeness (QED) is 0.802. The number of carbonyl (C=O) groups is 1. The second-order valence-corrected chi connectivity index (χ2v) is 9.18. The van der Waals surface area contributed by atoms with Crippen LogP contribution in [0.1, 0.15) is 31.2 Å². The SMILES string of the molecule is O=C(NCC1CCCNC1)C1CCN(C2=NS(=O)(=O)c3ccccc32)CC1. The molecular weight excluding hydrogens is 364 g/mol. The van der Waals surface area contributed by atoms with Crippen LogP contribution in [0, 0.1) is 11.8 Å². The number of carbonyl (C=O) groups excluding carboxylic acids is 1. The minimum absolute atomic E-state index is 0.00773. The molecule has 8 heteroatoms. The molecule has 4 rings (SSSR count). The Bertz CT molecular complexity index is 838. The zero-order valence-corrected chi connectivity index (χ0v) is 16.2. The number of piperidine rings is 2. The summed E-state index contributed by atoms with van der Waals surface area (Å²) >= 11 is 0. The van der Waals surface area contributed by atoms with Gasteiger partial charge < -0.3 is 15.5 Å². The fourth-order valence-electron chi connectivity index (χ4n) is 4.16. The number of nitrogens with zero attached hydrogens (tertiary/aromatic N) is 2. The van der Waals surface area contributed by atoms with Gasteiger partial charge in [0.25, 0.3) is 10.0 Å². The monoisotopic (exact) mass is 390 g/mol. The number of nitrogens with one attached hydrogen (secondary N) is 2. The normalized spacial score (nSPS) is 25.0. The van der Waals surface area contributed by atoms with Crippen molar-refractivity contribution < 1.29 is 13.2 Å². The van der Waals surface area contributed by atoms with Crippen molar-refractivity contribution in [1.82, 2.24) is 15.5 Å². The van der Waals surface area contributed by atoms with Crippen LogP contribution in [0.25, 0.3) is 0 Å². The molecule has 1 aromatic rings. The zero-order valence-electron chi connectivity index (χ0n) is 15.4. The van der Waals surface area contributed by atoms with Gasteiger partial charge in [-0.15, -0.1) is 4.40 Å². The van der Waals surface area contributed by atoms with E-state index in [1.807, 2.05) is 11.0 Å². The summed E-state index contributed by atoms with van der Waals surface area (Å²) in [5, 5.41) is 6.48. The van der Waals surface area contributed by atoms with Crippen LogP contribution in [0.4, 0.5) is 0 Å². The standard InChI is InChI=1S/C19H26N4O3S/c24-19(21-13-14-4-3-9-20-12-14)15-7-10-23(11-8-15)18-16-5-1-2-6-17(16)27(25,26)22-18/h1-2,5-6,14-15,20H,3-4,7-13H2,(H,21,24). The molecule has 3 aliphatic rings. The van der Waals surface area contributed by atoms with Crippen LogP contribution in [0.15, 0.2) is 33.6 Å². The first kappa shape index (κ1) is 18.4. The van der Waals surface area contributed by atoms with Gasteiger partial charge in [-0.25, -0.2) is 0 Å². The Balaban J connectivity index is 1.33. The van der Waals surface area contributed by atoms with E-state index in [1.54, 1.807) is 18.2 Å². The summed E-state index contributed by atoms with van der Waals surface area (Å²) < 4.78 is 28.4. The Morgan fingerprint density at radius 3 is 2.74 bits per heavy atom. The molecule has 0 saturated carbocycles. The molecule has 0 spiro atoms. The third kappa shape index (κ3) is 3.87. The smallest absolute Gasteiger partial charge is 0.285 e. The third-order valence-electron chi connectivity index (χ3n) is 5.74. The molecular formula is C19H26N4O3S. The number of fused-ring (bicyclic) bond motifs is 1. The van der Waals surface area contributed by atoms with Gasteiger partial charge in [0.15, 0.2) is 5.84 Å². The van der Waals surface area contributed by atoms with E-state index in [9.17, 15) is 13.2 Å². The average molecular weight is 391 g/mol. The Kier molecular flexibility index (Phi) is 5.19. The van der Waals surface area contributed by atoms with E-state index >= 15 is 0 Å². The molecule has 3 aliphatic heterocycles. The number of hydrogen-bond acceptors (Lipinski definition) is 5. The zero-order chi connectivity index (χ0) is 18.9. The number of amidine groups is 1. The van der Waals surface area contributed by atoms with Crippen LogP contribution in [-0.2, 0) is 14.8 Å². The van der Waals surface area contributed by atoms with Gasteiger partial charge in [0.1, 0.15) is 4.90 Å². The van der Waals surface area contributed by atoms with Crippen molar-refractivity contribution in [3.8, 4) is 0 Å². The van der Waals surface area contributed by atoms with Crippen LogP contribution in [0.3, 0.4) is 0 Å². The highest BCUT2D eigenvalue weighted by molar-refractivity contribution is 7.90. The van der Waals surface area contributed by atoms with Gasteiger partial charge in [-0.05, 0) is 56.8 Å². The van der Waals surface area contributed by atoms with Gasteiger partial charge in [-0.1, -0.05) is 12.1 Å². The van der Waals surface area contributed by atoms with Crippen molar-refractivity contribution in [3.05, 3.63) is 29.8 Å². The third-order valence-corrected chi connectivity index (χ3v) is 7.07. The average Bonchev–Trinajstić information content (AvgIpc) is 2.98. The molecule has 7 nitrogen and oxygen atoms in total. The van der Waals surface area contributed by atoms with Crippen LogP contribution < -0.4 is 10.6 Å². The van der Waals surface area contributed by atoms with Gasteiger partial charge in [0.2, 0.25) is 5.91 Å². The first-order valence-corrected chi connectivity index (χ1v) is 11.2. The van der Waals surface area contributed by atoms with Crippen molar-refractivity contribution in [3.63, 3.8) is 0 Å². The molecule has 0 aromatic heterocycles. The molecule has 0 radical (unpaired) electrons. The lowest BCUT2D eigenvalue weighted by molar-refractivity contribution is -0.126. The molecule has 27 heavy (non-hydrogen) atoms. The molecule has 1 atom stereocenters. The maximum Gasteiger partial charge on any atom is 0.285 e. The second-order valence-electron chi connectivity index (χ2n) is 7.60. The number of likely N-dealkylation sites (tertiary alicyclic amines) is 1. The Labute approximate surface area is 160 Å². The van der Waals surface area contributed by atoms with E-state index in [4.69, 9.17) is 0 Å². The van der Waals surface area contributed by atoms with Crippen molar-refractivity contribution in [2.24, 2.45) is 16.2 Å². The summed E-state index contributed by atoms with van der Waals surface area (Å²) in [6.07, 6.45) is 3.77. The van der Waals surface area contributed by atoms with E-state index in [2.05, 4.69) is 15.0 Å². The van der Waals surface area contributed by atoms with Crippen LogP contribution in [-0.4, -0.2) is 57.8 Å². The van der Waals surface area contributed by atoms with Gasteiger partial charge >= 0.3 is 0 Å². The second kappa shape index (κ2) is 7.59. The van der Waals surface area contributed by atoms with Gasteiger partial charge in [-0.2, -0.15) is 8.42 Å². The molecule has 0 aliphatic carbocycles. The maximum atomic E-state index is 12.5. The number of hydrogen-bond donors (Lipinski definition) is 2. The van der Waals surface area contributed by atoms with E-state index in [1.165, 1.54) is 12.8 Å². The highest BCUT2D eigenvalue weighted by Gasteiger charge is 2.34. The van der Waals surface area contributed by atoms with Crippen LogP contribution in [0.2, 0.25) is 0 Å². The molecule has 2 N–H and O–H groups in total. The first-order chi connectivity index (χ1) is 13.0. The van der Waals surface area contributed by atoms with Gasteiger partial charge in [0.05, 0.1) is 0 Å². The summed E-state index contributed by atoms with van der Waals surface area (Å²) in [6, 6.07) is 6.94. The minimum atomic E-state index is -3.59. The molecule has 3 heterocycles. The van der Waals surface area contributed by atoms with Crippen LogP contribution in [0.5, 0.6) is 0 Å². The van der Waals surface area contributed by atoms with E-state index in [0.29, 0.717) is 30.4 Å². The highest BCUT2D eigenvalue weighted by atomic mass is 32.2. The van der Waals surface area contributed by atoms with E-state index in [-0.39, 0.29) is 16.7 Å². The molecule has 2 fully saturated rings. The predicted octanol–water partition coefficient (Wildman–Crippen LogP) is 0.963. The number of sulfonamides is 1. The predicted molar refractivity (Wildman–Crippen MR) is 103 cm³/mol. The van der Waals surface area contributed by atoms with Gasteiger partial charge in [-0.3, -0.25) is 4.79 Å². The lowest BCUT2D eigenvalue weighted by atomic mass is 9.94. The molecule has 1 amide bonds. The summed E-state index contributed by atoms with van der Waals surface area (Å²) in [6.45, 7) is 4.08. The maximum absolute atomic E-state index is 12.5. The summed E-state index contributed by atoms with van der Waals surface area (Å²) in [7, 11) is -3.59. The van der Waals surface area contributed by atoms with Crippen molar-refractivity contribution in [2.75, 3.05) is 32.7 Å². The Morgan fingerprint density at radius 1 is 1.22 bits per heavy atom. The number of rotatable bonds is 3. The first-order valence-electron chi connectivity index (χ1n) is 9.72.